The van der Waals surface area contributed by atoms with Crippen molar-refractivity contribution in [3.63, 3.8) is 0 Å². The van der Waals surface area contributed by atoms with Crippen LogP contribution in [-0.2, 0) is 27.4 Å². The van der Waals surface area contributed by atoms with Gasteiger partial charge in [0.05, 0.1) is 6.04 Å². The van der Waals surface area contributed by atoms with Gasteiger partial charge in [-0.05, 0) is 36.5 Å². The molecule has 7 nitrogen and oxygen atoms in total. The first-order valence-corrected chi connectivity index (χ1v) is 13.1. The van der Waals surface area contributed by atoms with E-state index in [1.54, 1.807) is 48.5 Å². The highest BCUT2D eigenvalue weighted by molar-refractivity contribution is 7.89. The van der Waals surface area contributed by atoms with Crippen LogP contribution in [0, 0.1) is 0 Å². The number of halogens is 3. The Labute approximate surface area is 211 Å². The second kappa shape index (κ2) is 9.71. The number of para-hydroxylation sites is 1. The Hall–Kier alpha value is -3.57. The standard InChI is InChI=1S/C26H22F3N3O4S/c27-26(28,29)25-30-15-20(16-31-25)18-7-3-5-17(13-18)10-11-22(33)21-8-4-12-32(21)37(34,35)24-14-19-6-1-2-9-23(19)36-24/h1-3,5-7,9,13-16,21H,4,8,10-12H2. The summed E-state index contributed by atoms with van der Waals surface area (Å²) < 4.78 is 71.6. The molecular weight excluding hydrogens is 507 g/mol. The summed E-state index contributed by atoms with van der Waals surface area (Å²) in [6, 6.07) is 14.7. The summed E-state index contributed by atoms with van der Waals surface area (Å²) in [6.07, 6.45) is -0.931. The van der Waals surface area contributed by atoms with Gasteiger partial charge in [-0.1, -0.05) is 42.5 Å². The van der Waals surface area contributed by atoms with Crippen molar-refractivity contribution >= 4 is 26.8 Å². The SMILES string of the molecule is O=C(CCc1cccc(-c2cnc(C(F)(F)F)nc2)c1)C1CCCN1S(=O)(=O)c1cc2ccccc2o1. The van der Waals surface area contributed by atoms with Gasteiger partial charge in [-0.3, -0.25) is 4.79 Å². The van der Waals surface area contributed by atoms with Crippen molar-refractivity contribution in [2.75, 3.05) is 6.54 Å². The van der Waals surface area contributed by atoms with Gasteiger partial charge in [-0.15, -0.1) is 0 Å². The van der Waals surface area contributed by atoms with Crippen LogP contribution in [0.15, 0.2) is 76.5 Å². The zero-order chi connectivity index (χ0) is 26.2. The van der Waals surface area contributed by atoms with Gasteiger partial charge in [0.15, 0.2) is 5.78 Å². The molecule has 37 heavy (non-hydrogen) atoms. The Morgan fingerprint density at radius 3 is 2.51 bits per heavy atom. The van der Waals surface area contributed by atoms with Crippen LogP contribution in [0.5, 0.6) is 0 Å². The van der Waals surface area contributed by atoms with E-state index in [-0.39, 0.29) is 23.8 Å². The third-order valence-corrected chi connectivity index (χ3v) is 8.13. The van der Waals surface area contributed by atoms with E-state index in [1.165, 1.54) is 10.4 Å². The number of aryl methyl sites for hydroxylation is 1. The Balaban J connectivity index is 1.28. The molecule has 1 aliphatic rings. The molecule has 2 aromatic heterocycles. The van der Waals surface area contributed by atoms with Crippen LogP contribution in [-0.4, -0.2) is 41.1 Å². The first kappa shape index (κ1) is 25.1. The topological polar surface area (TPSA) is 93.4 Å². The number of furan rings is 1. The Bertz CT molecular complexity index is 1520. The minimum absolute atomic E-state index is 0.115. The van der Waals surface area contributed by atoms with E-state index in [1.807, 2.05) is 0 Å². The van der Waals surface area contributed by atoms with Gasteiger partial charge in [-0.25, -0.2) is 18.4 Å². The van der Waals surface area contributed by atoms with Gasteiger partial charge >= 0.3 is 6.18 Å². The zero-order valence-corrected chi connectivity index (χ0v) is 20.3. The van der Waals surface area contributed by atoms with E-state index >= 15 is 0 Å². The number of carbonyl (C=O) groups is 1. The summed E-state index contributed by atoms with van der Waals surface area (Å²) in [6.45, 7) is 0.235. The molecule has 2 aromatic carbocycles. The van der Waals surface area contributed by atoms with Gasteiger partial charge < -0.3 is 4.42 Å². The molecule has 0 N–H and O–H groups in total. The van der Waals surface area contributed by atoms with Gasteiger partial charge in [0.2, 0.25) is 10.9 Å². The highest BCUT2D eigenvalue weighted by Crippen LogP contribution is 2.31. The third-order valence-electron chi connectivity index (χ3n) is 6.37. The summed E-state index contributed by atoms with van der Waals surface area (Å²) in [5.41, 5.74) is 2.28. The zero-order valence-electron chi connectivity index (χ0n) is 19.5. The second-order valence-corrected chi connectivity index (χ2v) is 10.7. The maximum Gasteiger partial charge on any atom is 0.451 e. The average molecular weight is 530 g/mol. The fourth-order valence-corrected chi connectivity index (χ4v) is 6.14. The molecule has 0 radical (unpaired) electrons. The number of ketones is 1. The summed E-state index contributed by atoms with van der Waals surface area (Å²) in [5.74, 6) is -1.41. The van der Waals surface area contributed by atoms with Gasteiger partial charge in [0.25, 0.3) is 10.0 Å². The number of aromatic nitrogens is 2. The van der Waals surface area contributed by atoms with Crippen LogP contribution in [0.3, 0.4) is 0 Å². The number of carbonyl (C=O) groups excluding carboxylic acids is 1. The van der Waals surface area contributed by atoms with Crippen LogP contribution >= 0.6 is 0 Å². The molecule has 0 aliphatic carbocycles. The molecule has 192 valence electrons. The van der Waals surface area contributed by atoms with Gasteiger partial charge in [0, 0.05) is 42.4 Å². The lowest BCUT2D eigenvalue weighted by molar-refractivity contribution is -0.145. The lowest BCUT2D eigenvalue weighted by atomic mass is 9.99. The summed E-state index contributed by atoms with van der Waals surface area (Å²) in [4.78, 5) is 19.9. The number of hydrogen-bond acceptors (Lipinski definition) is 6. The third kappa shape index (κ3) is 5.14. The van der Waals surface area contributed by atoms with Gasteiger partial charge in [0.1, 0.15) is 5.58 Å². The van der Waals surface area contributed by atoms with Crippen molar-refractivity contribution in [3.05, 3.63) is 78.4 Å². The van der Waals surface area contributed by atoms with E-state index < -0.39 is 28.1 Å². The van der Waals surface area contributed by atoms with Crippen LogP contribution < -0.4 is 0 Å². The molecule has 1 fully saturated rings. The smallest absolute Gasteiger partial charge is 0.443 e. The van der Waals surface area contributed by atoms with Crippen molar-refractivity contribution in [2.45, 2.75) is 43.0 Å². The highest BCUT2D eigenvalue weighted by Gasteiger charge is 2.40. The molecular formula is C26H22F3N3O4S. The summed E-state index contributed by atoms with van der Waals surface area (Å²) >= 11 is 0. The molecule has 3 heterocycles. The first-order chi connectivity index (χ1) is 17.6. The molecule has 1 unspecified atom stereocenters. The van der Waals surface area contributed by atoms with Crippen molar-refractivity contribution in [1.82, 2.24) is 14.3 Å². The van der Waals surface area contributed by atoms with Crippen LogP contribution in [0.2, 0.25) is 0 Å². The molecule has 1 aliphatic heterocycles. The largest absolute Gasteiger partial charge is 0.451 e. The number of benzene rings is 2. The molecule has 5 rings (SSSR count). The predicted octanol–water partition coefficient (Wildman–Crippen LogP) is 5.26. The fraction of sp³-hybridized carbons (Fsp3) is 0.269. The quantitative estimate of drug-likeness (QED) is 0.324. The predicted molar refractivity (Wildman–Crippen MR) is 129 cm³/mol. The fourth-order valence-electron chi connectivity index (χ4n) is 4.51. The monoisotopic (exact) mass is 529 g/mol. The van der Waals surface area contributed by atoms with Crippen LogP contribution in [0.1, 0.15) is 30.7 Å². The lowest BCUT2D eigenvalue weighted by Gasteiger charge is -2.21. The van der Waals surface area contributed by atoms with Crippen molar-refractivity contribution in [1.29, 1.82) is 0 Å². The van der Waals surface area contributed by atoms with Crippen molar-refractivity contribution in [3.8, 4) is 11.1 Å². The van der Waals surface area contributed by atoms with E-state index in [2.05, 4.69) is 9.97 Å². The molecule has 4 aromatic rings. The van der Waals surface area contributed by atoms with Crippen LogP contribution in [0.4, 0.5) is 13.2 Å². The normalized spacial score (nSPS) is 16.9. The van der Waals surface area contributed by atoms with E-state index in [0.29, 0.717) is 41.4 Å². The Kier molecular flexibility index (Phi) is 6.59. The van der Waals surface area contributed by atoms with Gasteiger partial charge in [-0.2, -0.15) is 17.5 Å². The lowest BCUT2D eigenvalue weighted by Crippen LogP contribution is -2.40. The number of nitrogens with zero attached hydrogens (tertiary/aromatic N) is 3. The second-order valence-electron chi connectivity index (χ2n) is 8.84. The maximum absolute atomic E-state index is 13.3. The van der Waals surface area contributed by atoms with Crippen molar-refractivity contribution < 1.29 is 30.8 Å². The number of rotatable bonds is 7. The molecule has 0 bridgehead atoms. The molecule has 0 spiro atoms. The number of Topliss-reactive ketones (excluding diaryl/α,β-unsaturated/α-hetero) is 1. The molecule has 1 saturated heterocycles. The summed E-state index contributed by atoms with van der Waals surface area (Å²) in [5, 5.41) is 0.487. The van der Waals surface area contributed by atoms with E-state index in [4.69, 9.17) is 4.42 Å². The molecule has 0 amide bonds. The number of alkyl halides is 3. The molecule has 11 heteroatoms. The number of fused-ring (bicyclic) bond motifs is 1. The average Bonchev–Trinajstić information content (AvgIpc) is 3.55. The minimum atomic E-state index is -4.62. The minimum Gasteiger partial charge on any atom is -0.443 e. The summed E-state index contributed by atoms with van der Waals surface area (Å²) in [7, 11) is -3.98. The number of hydrogen-bond donors (Lipinski definition) is 0. The van der Waals surface area contributed by atoms with E-state index in [0.717, 1.165) is 18.0 Å². The molecule has 1 atom stereocenters. The molecule has 0 saturated carbocycles. The first-order valence-electron chi connectivity index (χ1n) is 11.6. The Morgan fingerprint density at radius 1 is 1.03 bits per heavy atom. The Morgan fingerprint density at radius 2 is 1.78 bits per heavy atom. The van der Waals surface area contributed by atoms with Crippen LogP contribution in [0.25, 0.3) is 22.1 Å². The highest BCUT2D eigenvalue weighted by atomic mass is 32.2. The van der Waals surface area contributed by atoms with E-state index in [9.17, 15) is 26.4 Å². The van der Waals surface area contributed by atoms with Crippen molar-refractivity contribution in [2.24, 2.45) is 0 Å². The number of sulfonamides is 1. The maximum atomic E-state index is 13.3.